The summed E-state index contributed by atoms with van der Waals surface area (Å²) in [6, 6.07) is 5.96. The van der Waals surface area contributed by atoms with Crippen molar-refractivity contribution in [2.75, 3.05) is 0 Å². The molecule has 0 heterocycles. The first-order valence-electron chi connectivity index (χ1n) is 12.5. The van der Waals surface area contributed by atoms with Crippen LogP contribution in [-0.4, -0.2) is 18.5 Å². The first-order chi connectivity index (χ1) is 16.6. The van der Waals surface area contributed by atoms with E-state index in [4.69, 9.17) is 4.74 Å². The minimum atomic E-state index is -5.01. The highest BCUT2D eigenvalue weighted by Crippen LogP contribution is 2.43. The molecule has 3 nitrogen and oxygen atoms in total. The third kappa shape index (κ3) is 6.25. The van der Waals surface area contributed by atoms with Gasteiger partial charge in [-0.15, -0.1) is 13.2 Å². The zero-order valence-corrected chi connectivity index (χ0v) is 19.8. The van der Waals surface area contributed by atoms with E-state index in [1.54, 1.807) is 0 Å². The number of carbonyl (C=O) groups excluding carboxylic acids is 1. The summed E-state index contributed by atoms with van der Waals surface area (Å²) >= 11 is 0. The fourth-order valence-corrected chi connectivity index (χ4v) is 5.90. The van der Waals surface area contributed by atoms with Crippen molar-refractivity contribution >= 4 is 16.7 Å². The van der Waals surface area contributed by atoms with Gasteiger partial charge >= 0.3 is 12.3 Å². The van der Waals surface area contributed by atoms with Gasteiger partial charge in [-0.3, -0.25) is 4.79 Å². The SMILES string of the molecule is CCCC1CCC(C2CCC(C(=O)Oc3ccc4c(F)c(OC(F)(F)F)ccc4c3)C(F)C2)CC1. The highest BCUT2D eigenvalue weighted by Gasteiger charge is 2.40. The molecular weight excluding hydrogens is 467 g/mol. The number of ether oxygens (including phenoxy) is 2. The number of fused-ring (bicyclic) bond motifs is 1. The second-order valence-corrected chi connectivity index (χ2v) is 9.99. The van der Waals surface area contributed by atoms with E-state index in [1.165, 1.54) is 49.9 Å². The van der Waals surface area contributed by atoms with Crippen molar-refractivity contribution in [1.29, 1.82) is 0 Å². The van der Waals surface area contributed by atoms with Crippen LogP contribution in [0.5, 0.6) is 11.5 Å². The van der Waals surface area contributed by atoms with Crippen LogP contribution in [0.3, 0.4) is 0 Å². The van der Waals surface area contributed by atoms with Gasteiger partial charge < -0.3 is 9.47 Å². The lowest BCUT2D eigenvalue weighted by Crippen LogP contribution is -2.37. The standard InChI is InChI=1S/C27H31F5O3/c1-2-3-16-4-6-17(7-5-16)18-8-11-22(23(28)15-18)26(33)34-20-10-12-21-19(14-20)9-13-24(25(21)29)35-27(30,31)32/h9-10,12-14,16-18,22-23H,2-8,11,15H2,1H3. The van der Waals surface area contributed by atoms with Gasteiger partial charge in [0, 0.05) is 5.39 Å². The number of rotatable bonds is 6. The molecule has 2 aromatic carbocycles. The maximum Gasteiger partial charge on any atom is 0.573 e. The molecule has 0 aliphatic heterocycles. The number of hydrogen-bond donors (Lipinski definition) is 0. The molecule has 35 heavy (non-hydrogen) atoms. The van der Waals surface area contributed by atoms with E-state index in [-0.39, 0.29) is 16.5 Å². The van der Waals surface area contributed by atoms with Gasteiger partial charge in [-0.05, 0) is 79.5 Å². The molecule has 0 amide bonds. The summed E-state index contributed by atoms with van der Waals surface area (Å²) in [4.78, 5) is 12.7. The monoisotopic (exact) mass is 498 g/mol. The molecule has 0 radical (unpaired) electrons. The van der Waals surface area contributed by atoms with E-state index in [9.17, 15) is 22.4 Å². The molecule has 4 rings (SSSR count). The Bertz CT molecular complexity index is 1030. The maximum absolute atomic E-state index is 15.0. The molecule has 0 spiro atoms. The van der Waals surface area contributed by atoms with Crippen LogP contribution >= 0.6 is 0 Å². The third-order valence-corrected chi connectivity index (χ3v) is 7.70. The van der Waals surface area contributed by atoms with Crippen molar-refractivity contribution < 1.29 is 36.2 Å². The summed E-state index contributed by atoms with van der Waals surface area (Å²) < 4.78 is 75.8. The Labute approximate surface area is 202 Å². The van der Waals surface area contributed by atoms with Crippen molar-refractivity contribution in [3.8, 4) is 11.5 Å². The summed E-state index contributed by atoms with van der Waals surface area (Å²) in [5.74, 6) is -1.91. The third-order valence-electron chi connectivity index (χ3n) is 7.70. The molecule has 0 saturated heterocycles. The van der Waals surface area contributed by atoms with E-state index in [2.05, 4.69) is 11.7 Å². The molecule has 2 fully saturated rings. The van der Waals surface area contributed by atoms with Crippen molar-refractivity contribution in [3.05, 3.63) is 36.1 Å². The maximum atomic E-state index is 15.0. The number of benzene rings is 2. The zero-order valence-electron chi connectivity index (χ0n) is 19.8. The van der Waals surface area contributed by atoms with Gasteiger partial charge in [0.25, 0.3) is 0 Å². The largest absolute Gasteiger partial charge is 0.573 e. The average molecular weight is 499 g/mol. The molecule has 2 aliphatic carbocycles. The first kappa shape index (κ1) is 25.7. The zero-order chi connectivity index (χ0) is 25.2. The Morgan fingerprint density at radius 1 is 1.00 bits per heavy atom. The molecule has 2 aromatic rings. The van der Waals surface area contributed by atoms with Gasteiger partial charge in [0.1, 0.15) is 11.9 Å². The van der Waals surface area contributed by atoms with Crippen LogP contribution in [0.2, 0.25) is 0 Å². The predicted octanol–water partition coefficient (Wildman–Crippen LogP) is 8.14. The van der Waals surface area contributed by atoms with E-state index < -0.39 is 36.0 Å². The summed E-state index contributed by atoms with van der Waals surface area (Å²) in [5, 5.41) is 0.130. The van der Waals surface area contributed by atoms with Crippen LogP contribution in [0, 0.1) is 29.5 Å². The van der Waals surface area contributed by atoms with Crippen LogP contribution in [0.1, 0.15) is 64.7 Å². The van der Waals surface area contributed by atoms with Crippen LogP contribution in [0.4, 0.5) is 22.0 Å². The Kier molecular flexibility index (Phi) is 7.86. The van der Waals surface area contributed by atoms with Gasteiger partial charge in [0.05, 0.1) is 5.92 Å². The molecule has 2 saturated carbocycles. The van der Waals surface area contributed by atoms with E-state index in [1.807, 2.05) is 0 Å². The number of carbonyl (C=O) groups is 1. The van der Waals surface area contributed by atoms with Crippen LogP contribution in [0.15, 0.2) is 30.3 Å². The lowest BCUT2D eigenvalue weighted by molar-refractivity contribution is -0.275. The fraction of sp³-hybridized carbons (Fsp3) is 0.593. The Hall–Kier alpha value is -2.38. The van der Waals surface area contributed by atoms with Crippen molar-refractivity contribution in [1.82, 2.24) is 0 Å². The van der Waals surface area contributed by atoms with E-state index >= 15 is 4.39 Å². The lowest BCUT2D eigenvalue weighted by atomic mass is 9.68. The highest BCUT2D eigenvalue weighted by atomic mass is 19.4. The van der Waals surface area contributed by atoms with Crippen LogP contribution in [0.25, 0.3) is 10.8 Å². The Morgan fingerprint density at radius 2 is 1.71 bits per heavy atom. The summed E-state index contributed by atoms with van der Waals surface area (Å²) in [5.41, 5.74) is 0. The normalized spacial score (nSPS) is 27.5. The lowest BCUT2D eigenvalue weighted by Gasteiger charge is -2.38. The van der Waals surface area contributed by atoms with Crippen LogP contribution in [-0.2, 0) is 4.79 Å². The van der Waals surface area contributed by atoms with Crippen LogP contribution < -0.4 is 9.47 Å². The second-order valence-electron chi connectivity index (χ2n) is 9.99. The molecular formula is C27H31F5O3. The fourth-order valence-electron chi connectivity index (χ4n) is 5.90. The Balaban J connectivity index is 1.35. The molecule has 192 valence electrons. The molecule has 0 N–H and O–H groups in total. The van der Waals surface area contributed by atoms with Gasteiger partial charge in [-0.25, -0.2) is 8.78 Å². The molecule has 3 unspecified atom stereocenters. The first-order valence-corrected chi connectivity index (χ1v) is 12.5. The molecule has 2 aliphatic rings. The molecule has 8 heteroatoms. The Morgan fingerprint density at radius 3 is 2.37 bits per heavy atom. The van der Waals surface area contributed by atoms with Gasteiger partial charge in [0.2, 0.25) is 0 Å². The average Bonchev–Trinajstić information content (AvgIpc) is 2.81. The van der Waals surface area contributed by atoms with Gasteiger partial charge in [-0.2, -0.15) is 0 Å². The summed E-state index contributed by atoms with van der Waals surface area (Å²) in [7, 11) is 0. The minimum Gasteiger partial charge on any atom is -0.426 e. The number of esters is 1. The minimum absolute atomic E-state index is 0.0926. The van der Waals surface area contributed by atoms with Gasteiger partial charge in [-0.1, -0.05) is 38.7 Å². The predicted molar refractivity (Wildman–Crippen MR) is 122 cm³/mol. The van der Waals surface area contributed by atoms with Gasteiger partial charge in [0.15, 0.2) is 11.6 Å². The molecule has 0 bridgehead atoms. The molecule has 0 aromatic heterocycles. The number of halogens is 5. The van der Waals surface area contributed by atoms with Crippen molar-refractivity contribution in [3.63, 3.8) is 0 Å². The molecule has 3 atom stereocenters. The smallest absolute Gasteiger partial charge is 0.426 e. The topological polar surface area (TPSA) is 35.5 Å². The number of hydrogen-bond acceptors (Lipinski definition) is 3. The highest BCUT2D eigenvalue weighted by molar-refractivity contribution is 5.87. The summed E-state index contributed by atoms with van der Waals surface area (Å²) in [6.07, 6.45) is 2.49. The van der Waals surface area contributed by atoms with Crippen molar-refractivity contribution in [2.45, 2.75) is 77.2 Å². The van der Waals surface area contributed by atoms with Crippen molar-refractivity contribution in [2.24, 2.45) is 23.7 Å². The van der Waals surface area contributed by atoms with E-state index in [0.717, 1.165) is 31.2 Å². The number of alkyl halides is 4. The quantitative estimate of drug-likeness (QED) is 0.229. The second kappa shape index (κ2) is 10.7. The summed E-state index contributed by atoms with van der Waals surface area (Å²) in [6.45, 7) is 2.21. The van der Waals surface area contributed by atoms with E-state index in [0.29, 0.717) is 24.7 Å².